The van der Waals surface area contributed by atoms with E-state index in [0.29, 0.717) is 16.0 Å². The third-order valence-corrected chi connectivity index (χ3v) is 6.31. The van der Waals surface area contributed by atoms with Crippen molar-refractivity contribution in [2.75, 3.05) is 6.54 Å². The number of nitrogens with zero attached hydrogens (tertiary/aromatic N) is 1. The number of hydrogen-bond acceptors (Lipinski definition) is 4. The van der Waals surface area contributed by atoms with Crippen LogP contribution in [0.25, 0.3) is 0 Å². The molecule has 1 N–H and O–H groups in total. The van der Waals surface area contributed by atoms with Gasteiger partial charge < -0.3 is 5.32 Å². The predicted octanol–water partition coefficient (Wildman–Crippen LogP) is 2.99. The molecule has 2 aromatic rings. The Morgan fingerprint density at radius 3 is 2.52 bits per heavy atom. The van der Waals surface area contributed by atoms with Gasteiger partial charge in [0.05, 0.1) is 4.90 Å². The van der Waals surface area contributed by atoms with E-state index in [1.807, 2.05) is 13.0 Å². The highest BCUT2D eigenvalue weighted by molar-refractivity contribution is 7.91. The van der Waals surface area contributed by atoms with Gasteiger partial charge in [0.2, 0.25) is 5.91 Å². The molecule has 1 atom stereocenters. The van der Waals surface area contributed by atoms with E-state index in [0.717, 1.165) is 5.56 Å². The van der Waals surface area contributed by atoms with E-state index < -0.39 is 15.1 Å². The Kier molecular flexibility index (Phi) is 5.95. The van der Waals surface area contributed by atoms with E-state index >= 15 is 0 Å². The van der Waals surface area contributed by atoms with Crippen LogP contribution < -0.4 is 5.32 Å². The number of aromatic nitrogens is 1. The molecule has 0 aliphatic rings. The summed E-state index contributed by atoms with van der Waals surface area (Å²) < 4.78 is 26.6. The normalized spacial score (nSPS) is 12.8. The Bertz CT molecular complexity index is 846. The monoisotopic (exact) mass is 360 g/mol. The topological polar surface area (TPSA) is 76.1 Å². The fourth-order valence-electron chi connectivity index (χ4n) is 2.54. The zero-order valence-corrected chi connectivity index (χ0v) is 15.8. The van der Waals surface area contributed by atoms with Crippen molar-refractivity contribution in [3.63, 3.8) is 0 Å². The number of aryl methyl sites for hydroxylation is 2. The zero-order valence-electron chi connectivity index (χ0n) is 15.0. The molecular weight excluding hydrogens is 336 g/mol. The van der Waals surface area contributed by atoms with Gasteiger partial charge in [0.1, 0.15) is 5.25 Å². The van der Waals surface area contributed by atoms with E-state index in [9.17, 15) is 13.2 Å². The number of amides is 1. The minimum Gasteiger partial charge on any atom is -0.354 e. The molecule has 0 unspecified atom stereocenters. The van der Waals surface area contributed by atoms with E-state index in [1.54, 1.807) is 51.2 Å². The first-order valence-electron chi connectivity index (χ1n) is 8.22. The number of rotatable bonds is 6. The molecule has 0 bridgehead atoms. The van der Waals surface area contributed by atoms with Gasteiger partial charge in [0, 0.05) is 24.9 Å². The fourth-order valence-corrected chi connectivity index (χ4v) is 4.51. The van der Waals surface area contributed by atoms with Crippen LogP contribution in [0.3, 0.4) is 0 Å². The summed E-state index contributed by atoms with van der Waals surface area (Å²) in [6.45, 7) is 7.19. The summed E-state index contributed by atoms with van der Waals surface area (Å²) in [4.78, 5) is 16.3. The van der Waals surface area contributed by atoms with Crippen LogP contribution in [0.15, 0.2) is 47.6 Å². The van der Waals surface area contributed by atoms with Crippen molar-refractivity contribution in [3.8, 4) is 0 Å². The van der Waals surface area contributed by atoms with Gasteiger partial charge in [-0.25, -0.2) is 8.42 Å². The van der Waals surface area contributed by atoms with Crippen molar-refractivity contribution in [2.45, 2.75) is 37.8 Å². The minimum absolute atomic E-state index is 0.0123. The summed E-state index contributed by atoms with van der Waals surface area (Å²) >= 11 is 0. The van der Waals surface area contributed by atoms with Crippen LogP contribution in [0.1, 0.15) is 35.8 Å². The Balaban J connectivity index is 2.47. The lowest BCUT2D eigenvalue weighted by Crippen LogP contribution is -2.34. The molecule has 0 spiro atoms. The van der Waals surface area contributed by atoms with Crippen molar-refractivity contribution >= 4 is 15.7 Å². The second kappa shape index (κ2) is 7.78. The molecule has 134 valence electrons. The lowest BCUT2D eigenvalue weighted by molar-refractivity contribution is -0.123. The predicted molar refractivity (Wildman–Crippen MR) is 97.9 cm³/mol. The number of carbonyl (C=O) groups is 1. The van der Waals surface area contributed by atoms with Gasteiger partial charge in [-0.15, -0.1) is 0 Å². The van der Waals surface area contributed by atoms with Crippen LogP contribution in [0, 0.1) is 19.8 Å². The van der Waals surface area contributed by atoms with Gasteiger partial charge >= 0.3 is 0 Å². The Morgan fingerprint density at radius 1 is 1.20 bits per heavy atom. The zero-order chi connectivity index (χ0) is 18.6. The molecule has 0 saturated heterocycles. The van der Waals surface area contributed by atoms with Crippen molar-refractivity contribution in [1.29, 1.82) is 0 Å². The minimum atomic E-state index is -3.68. The first-order chi connectivity index (χ1) is 11.7. The maximum absolute atomic E-state index is 13.3. The summed E-state index contributed by atoms with van der Waals surface area (Å²) in [5.41, 5.74) is 2.13. The maximum Gasteiger partial charge on any atom is 0.222 e. The van der Waals surface area contributed by atoms with Crippen molar-refractivity contribution in [1.82, 2.24) is 10.3 Å². The van der Waals surface area contributed by atoms with Crippen LogP contribution in [0.5, 0.6) is 0 Å². The van der Waals surface area contributed by atoms with Gasteiger partial charge in [-0.1, -0.05) is 32.0 Å². The van der Waals surface area contributed by atoms with E-state index in [-0.39, 0.29) is 18.4 Å². The van der Waals surface area contributed by atoms with Gasteiger partial charge in [-0.2, -0.15) is 0 Å². The summed E-state index contributed by atoms with van der Waals surface area (Å²) in [6, 6.07) is 8.79. The van der Waals surface area contributed by atoms with E-state index in [1.165, 1.54) is 6.20 Å². The second-order valence-electron chi connectivity index (χ2n) is 6.49. The smallest absolute Gasteiger partial charge is 0.222 e. The van der Waals surface area contributed by atoms with Crippen LogP contribution >= 0.6 is 0 Å². The van der Waals surface area contributed by atoms with Crippen molar-refractivity contribution in [2.24, 2.45) is 5.92 Å². The largest absolute Gasteiger partial charge is 0.354 e. The first kappa shape index (κ1) is 19.1. The van der Waals surface area contributed by atoms with E-state index in [4.69, 9.17) is 0 Å². The Morgan fingerprint density at radius 2 is 1.92 bits per heavy atom. The number of benzene rings is 1. The quantitative estimate of drug-likeness (QED) is 0.859. The summed E-state index contributed by atoms with van der Waals surface area (Å²) in [5, 5.41) is 1.86. The molecule has 0 radical (unpaired) electrons. The molecule has 1 amide bonds. The number of pyridine rings is 1. The summed E-state index contributed by atoms with van der Waals surface area (Å²) in [7, 11) is -3.68. The number of nitrogens with one attached hydrogen (secondary N) is 1. The first-order valence-corrected chi connectivity index (χ1v) is 9.77. The van der Waals surface area contributed by atoms with Crippen LogP contribution in [-0.2, 0) is 14.6 Å². The van der Waals surface area contributed by atoms with Gasteiger partial charge in [0.15, 0.2) is 9.84 Å². The van der Waals surface area contributed by atoms with Crippen molar-refractivity contribution in [3.05, 3.63) is 59.4 Å². The molecule has 5 nitrogen and oxygen atoms in total. The lowest BCUT2D eigenvalue weighted by atomic mass is 10.2. The average molecular weight is 360 g/mol. The summed E-state index contributed by atoms with van der Waals surface area (Å²) in [5.74, 6) is -0.386. The molecule has 1 aromatic carbocycles. The molecule has 0 aliphatic carbocycles. The standard InChI is InChI=1S/C19H24N2O3S/c1-13(2)19(22)21-12-18(16-6-5-9-20-11-16)25(23,24)17-10-14(3)7-8-15(17)4/h5-11,13,18H,12H2,1-4H3,(H,21,22)/t18-/m0/s1. The third-order valence-electron chi connectivity index (χ3n) is 4.07. The van der Waals surface area contributed by atoms with Crippen LogP contribution in [0.4, 0.5) is 0 Å². The SMILES string of the molecule is Cc1ccc(C)c(S(=O)(=O)[C@@H](CNC(=O)C(C)C)c2cccnc2)c1. The molecule has 1 aromatic heterocycles. The molecule has 0 aliphatic heterocycles. The van der Waals surface area contributed by atoms with Gasteiger partial charge in [0.25, 0.3) is 0 Å². The molecule has 25 heavy (non-hydrogen) atoms. The van der Waals surface area contributed by atoms with Gasteiger partial charge in [-0.3, -0.25) is 9.78 Å². The van der Waals surface area contributed by atoms with Gasteiger partial charge in [-0.05, 0) is 42.7 Å². The number of carbonyl (C=O) groups excluding carboxylic acids is 1. The highest BCUT2D eigenvalue weighted by atomic mass is 32.2. The summed E-state index contributed by atoms with van der Waals surface area (Å²) in [6.07, 6.45) is 3.13. The molecule has 0 saturated carbocycles. The lowest BCUT2D eigenvalue weighted by Gasteiger charge is -2.20. The molecular formula is C19H24N2O3S. The Hall–Kier alpha value is -2.21. The third kappa shape index (κ3) is 4.45. The second-order valence-corrected chi connectivity index (χ2v) is 8.59. The molecule has 6 heteroatoms. The number of hydrogen-bond donors (Lipinski definition) is 1. The maximum atomic E-state index is 13.3. The number of sulfone groups is 1. The molecule has 0 fully saturated rings. The van der Waals surface area contributed by atoms with E-state index in [2.05, 4.69) is 10.3 Å². The van der Waals surface area contributed by atoms with Crippen LogP contribution in [0.2, 0.25) is 0 Å². The molecule has 2 rings (SSSR count). The average Bonchev–Trinajstić information content (AvgIpc) is 2.57. The highest BCUT2D eigenvalue weighted by Gasteiger charge is 2.31. The highest BCUT2D eigenvalue weighted by Crippen LogP contribution is 2.30. The van der Waals surface area contributed by atoms with Crippen molar-refractivity contribution < 1.29 is 13.2 Å². The van der Waals surface area contributed by atoms with Crippen LogP contribution in [-0.4, -0.2) is 25.9 Å². The molecule has 1 heterocycles. The fraction of sp³-hybridized carbons (Fsp3) is 0.368. The Labute approximate surface area is 149 Å².